The number of carboxylic acid groups (broad SMARTS) is 1. The molecule has 2 amide bonds. The van der Waals surface area contributed by atoms with Gasteiger partial charge >= 0.3 is 23.9 Å². The molecule has 6 N–H and O–H groups in total. The van der Waals surface area contributed by atoms with Gasteiger partial charge in [0.2, 0.25) is 17.9 Å². The second kappa shape index (κ2) is 22.9. The Labute approximate surface area is 411 Å². The molecule has 3 aliphatic carbocycles. The van der Waals surface area contributed by atoms with Crippen molar-refractivity contribution in [2.24, 2.45) is 22.2 Å². The van der Waals surface area contributed by atoms with Gasteiger partial charge in [-0.1, -0.05) is 69.3 Å². The van der Waals surface area contributed by atoms with E-state index in [1.54, 1.807) is 62.4 Å². The number of fused-ring (bicyclic) bond motifs is 5. The lowest BCUT2D eigenvalue weighted by molar-refractivity contribution is -0.313. The van der Waals surface area contributed by atoms with Crippen LogP contribution in [0.5, 0.6) is 0 Å². The summed E-state index contributed by atoms with van der Waals surface area (Å²) in [5, 5.41) is 51.5. The van der Waals surface area contributed by atoms with E-state index in [4.69, 9.17) is 38.3 Å². The highest BCUT2D eigenvalue weighted by atomic mass is 16.6. The van der Waals surface area contributed by atoms with Crippen molar-refractivity contribution in [1.82, 2.24) is 10.6 Å². The summed E-state index contributed by atoms with van der Waals surface area (Å²) >= 11 is 0. The zero-order valence-electron chi connectivity index (χ0n) is 40.9. The summed E-state index contributed by atoms with van der Waals surface area (Å²) in [6, 6.07) is 14.8. The van der Waals surface area contributed by atoms with E-state index < -0.39 is 131 Å². The van der Waals surface area contributed by atoms with Crippen molar-refractivity contribution in [3.05, 3.63) is 82.9 Å². The molecule has 0 spiro atoms. The average Bonchev–Trinajstić information content (AvgIpc) is 3.32. The third-order valence-corrected chi connectivity index (χ3v) is 14.7. The van der Waals surface area contributed by atoms with E-state index in [9.17, 15) is 44.1 Å². The molecule has 71 heavy (non-hydrogen) atoms. The van der Waals surface area contributed by atoms with Gasteiger partial charge in [0.1, 0.15) is 43.1 Å². The molecule has 3 fully saturated rings. The topological polar surface area (TPSA) is 289 Å². The normalized spacial score (nSPS) is 29.3. The number of nitrogens with one attached hydrogen (secondary N) is 2. The first-order valence-electron chi connectivity index (χ1n) is 23.7. The van der Waals surface area contributed by atoms with E-state index >= 15 is 4.79 Å². The standard InChI is InChI=1S/C51H66N2O18/c1-29-33(25-51(64)45(71-46(62)32-16-11-8-12-17-32)43-49(5)28-68-35(49)24-34(55)50(43,6)44(61)41(60)39(29)48(51,3)4)69-47(63)42(40(53-30(2)54)31-14-9-7-10-15-31)70-38(59)26-52-36(56)18-21-65-19-13-20-66-22-23-67-27-37(57)58/h7-12,14-17,33-35,40-43,45,55,60,64H,13,18-28H2,1-6H3,(H,52,56)(H,53,54)(H,57,58)/t33-,34-,35?,40-,41+,42+,43?,45-,49+,50?,51+/m0/s1. The van der Waals surface area contributed by atoms with E-state index in [0.717, 1.165) is 0 Å². The molecule has 388 valence electrons. The Morgan fingerprint density at radius 2 is 1.49 bits per heavy atom. The third kappa shape index (κ3) is 11.5. The number of hydrogen-bond donors (Lipinski definition) is 6. The second-order valence-electron chi connectivity index (χ2n) is 19.6. The van der Waals surface area contributed by atoms with Crippen molar-refractivity contribution in [3.63, 3.8) is 0 Å². The Morgan fingerprint density at radius 1 is 0.859 bits per heavy atom. The summed E-state index contributed by atoms with van der Waals surface area (Å²) in [7, 11) is 0. The highest BCUT2D eigenvalue weighted by molar-refractivity contribution is 5.94. The molecule has 6 rings (SSSR count). The first-order valence-corrected chi connectivity index (χ1v) is 23.7. The molecule has 1 saturated heterocycles. The molecule has 2 aromatic carbocycles. The fourth-order valence-corrected chi connectivity index (χ4v) is 10.8. The van der Waals surface area contributed by atoms with Crippen LogP contribution in [0.15, 0.2) is 71.8 Å². The number of amides is 2. The van der Waals surface area contributed by atoms with Gasteiger partial charge in [0.25, 0.3) is 0 Å². The number of carbonyl (C=O) groups is 7. The van der Waals surface area contributed by atoms with Crippen molar-refractivity contribution in [2.75, 3.05) is 52.8 Å². The minimum absolute atomic E-state index is 0.00363. The van der Waals surface area contributed by atoms with Crippen LogP contribution >= 0.6 is 0 Å². The minimum Gasteiger partial charge on any atom is -0.480 e. The molecular formula is C51H66N2O18. The second-order valence-corrected chi connectivity index (χ2v) is 19.6. The average molecular weight is 995 g/mol. The van der Waals surface area contributed by atoms with Crippen molar-refractivity contribution >= 4 is 41.5 Å². The van der Waals surface area contributed by atoms with Gasteiger partial charge in [0, 0.05) is 56.1 Å². The highest BCUT2D eigenvalue weighted by Crippen LogP contribution is 2.65. The zero-order valence-corrected chi connectivity index (χ0v) is 40.9. The van der Waals surface area contributed by atoms with Gasteiger partial charge in [-0.15, -0.1) is 0 Å². The minimum atomic E-state index is -2.25. The predicted octanol–water partition coefficient (Wildman–Crippen LogP) is 2.16. The number of Topliss-reactive ketones (excluding diaryl/α,β-unsaturated/α-hetero) is 1. The van der Waals surface area contributed by atoms with E-state index in [1.807, 2.05) is 6.92 Å². The summed E-state index contributed by atoms with van der Waals surface area (Å²) in [4.78, 5) is 93.6. The Morgan fingerprint density at radius 3 is 2.11 bits per heavy atom. The van der Waals surface area contributed by atoms with Crippen molar-refractivity contribution in [3.8, 4) is 0 Å². The van der Waals surface area contributed by atoms with E-state index in [1.165, 1.54) is 32.9 Å². The maximum absolute atomic E-state index is 15.0. The smallest absolute Gasteiger partial charge is 0.350 e. The van der Waals surface area contributed by atoms with Crippen LogP contribution in [0.4, 0.5) is 0 Å². The van der Waals surface area contributed by atoms with Gasteiger partial charge in [-0.2, -0.15) is 0 Å². The summed E-state index contributed by atoms with van der Waals surface area (Å²) in [5.74, 6) is -7.37. The molecule has 0 radical (unpaired) electrons. The van der Waals surface area contributed by atoms with Gasteiger partial charge in [-0.25, -0.2) is 14.4 Å². The summed E-state index contributed by atoms with van der Waals surface area (Å²) < 4.78 is 40.0. The number of ketones is 1. The number of carboxylic acids is 1. The van der Waals surface area contributed by atoms with Crippen LogP contribution in [0.1, 0.15) is 89.2 Å². The van der Waals surface area contributed by atoms with E-state index in [-0.39, 0.29) is 62.6 Å². The van der Waals surface area contributed by atoms with Crippen LogP contribution < -0.4 is 10.6 Å². The Balaban J connectivity index is 1.26. The van der Waals surface area contributed by atoms with Crippen LogP contribution in [0.25, 0.3) is 0 Å². The molecule has 20 heteroatoms. The van der Waals surface area contributed by atoms with Gasteiger partial charge in [-0.3, -0.25) is 19.2 Å². The molecule has 11 atom stereocenters. The van der Waals surface area contributed by atoms with Crippen LogP contribution in [-0.4, -0.2) is 157 Å². The number of benzene rings is 2. The lowest BCUT2D eigenvalue weighted by Crippen LogP contribution is -2.77. The van der Waals surface area contributed by atoms with Crippen LogP contribution in [0.2, 0.25) is 0 Å². The summed E-state index contributed by atoms with van der Waals surface area (Å²) in [5.41, 5.74) is -6.01. The van der Waals surface area contributed by atoms with Gasteiger partial charge in [0.15, 0.2) is 5.78 Å². The molecule has 20 nitrogen and oxygen atoms in total. The molecule has 0 aromatic heterocycles. The van der Waals surface area contributed by atoms with Crippen LogP contribution in [0, 0.1) is 22.2 Å². The third-order valence-electron chi connectivity index (χ3n) is 14.7. The predicted molar refractivity (Wildman–Crippen MR) is 248 cm³/mol. The van der Waals surface area contributed by atoms with Crippen molar-refractivity contribution < 1.29 is 87.1 Å². The molecule has 1 heterocycles. The van der Waals surface area contributed by atoms with Crippen LogP contribution in [0.3, 0.4) is 0 Å². The number of hydrogen-bond acceptors (Lipinski definition) is 17. The number of carbonyl (C=O) groups excluding carboxylic acids is 6. The molecule has 1 aliphatic heterocycles. The lowest BCUT2D eigenvalue weighted by Gasteiger charge is -2.68. The first-order chi connectivity index (χ1) is 33.6. The maximum atomic E-state index is 15.0. The quantitative estimate of drug-likeness (QED) is 0.0426. The summed E-state index contributed by atoms with van der Waals surface area (Å²) in [6.45, 7) is 9.06. The fraction of sp³-hybridized carbons (Fsp3) is 0.588. The summed E-state index contributed by atoms with van der Waals surface area (Å²) in [6.07, 6.45) is -9.07. The molecule has 2 bridgehead atoms. The van der Waals surface area contributed by atoms with Crippen molar-refractivity contribution in [1.29, 1.82) is 0 Å². The molecule has 2 aromatic rings. The molecular weight excluding hydrogens is 929 g/mol. The van der Waals surface area contributed by atoms with Crippen molar-refractivity contribution in [2.45, 2.75) is 115 Å². The number of aliphatic carboxylic acids is 1. The number of ether oxygens (including phenoxy) is 7. The monoisotopic (exact) mass is 994 g/mol. The van der Waals surface area contributed by atoms with Crippen LogP contribution in [-0.2, 0) is 61.9 Å². The first kappa shape index (κ1) is 54.7. The largest absolute Gasteiger partial charge is 0.480 e. The maximum Gasteiger partial charge on any atom is 0.350 e. The van der Waals surface area contributed by atoms with Gasteiger partial charge < -0.3 is 64.2 Å². The SMILES string of the molecule is CC(=O)N[C@@H](c1ccccc1)[C@@H](OC(=O)CNC(=O)CCOCCCOCCOCC(=O)O)C(=O)O[C@H]1C[C@@]2(O)[C@@H](OC(=O)c3ccccc3)C3C(C)(C(=O)[C@H](O)C(=C1C)C2(C)C)[C@@H](O)CC1OC[C@]13C. The zero-order chi connectivity index (χ0) is 51.9. The number of aliphatic hydroxyl groups is 3. The number of aliphatic hydroxyl groups excluding tert-OH is 2. The lowest BCUT2D eigenvalue weighted by atomic mass is 9.42. The number of esters is 3. The van der Waals surface area contributed by atoms with E-state index in [0.29, 0.717) is 18.6 Å². The van der Waals surface area contributed by atoms with Gasteiger partial charge in [0.05, 0.1) is 49.6 Å². The molecule has 4 aliphatic rings. The Hall–Kier alpha value is -5.61. The molecule has 3 unspecified atom stereocenters. The fourth-order valence-electron chi connectivity index (χ4n) is 10.8. The Bertz CT molecular complexity index is 2310. The highest BCUT2D eigenvalue weighted by Gasteiger charge is 2.75. The van der Waals surface area contributed by atoms with Gasteiger partial charge in [-0.05, 0) is 49.1 Å². The van der Waals surface area contributed by atoms with E-state index in [2.05, 4.69) is 10.6 Å². The molecule has 2 saturated carbocycles. The number of rotatable bonds is 22. The Kier molecular flexibility index (Phi) is 17.6.